The van der Waals surface area contributed by atoms with Crippen molar-refractivity contribution in [3.63, 3.8) is 0 Å². The number of carbonyl (C=O) groups excluding carboxylic acids is 4. The maximum atomic E-state index is 14.4. The number of hydrogen-bond acceptors (Lipinski definition) is 5. The second-order valence-corrected chi connectivity index (χ2v) is 10.6. The van der Waals surface area contributed by atoms with Gasteiger partial charge in [0.25, 0.3) is 11.7 Å². The largest absolute Gasteiger partial charge is 0.452 e. The number of rotatable bonds is 9. The van der Waals surface area contributed by atoms with Crippen molar-refractivity contribution in [3.8, 4) is 0 Å². The van der Waals surface area contributed by atoms with E-state index in [4.69, 9.17) is 4.74 Å². The average Bonchev–Trinajstić information content (AvgIpc) is 3.00. The van der Waals surface area contributed by atoms with Gasteiger partial charge in [-0.2, -0.15) is 13.2 Å². The summed E-state index contributed by atoms with van der Waals surface area (Å²) >= 11 is 0. The number of carbonyl (C=O) groups is 4. The third-order valence-electron chi connectivity index (χ3n) is 7.06. The average molecular weight is 608 g/mol. The molecule has 4 rings (SSSR count). The SMILES string of the molecule is CC(=O)N(C(Cc1ccccc1)C(=O)C(F)(F)F)N1C(=O)C(C(C)C)N(C(=O)OCc2ccccc2)C=C1c1ccccc1. The highest BCUT2D eigenvalue weighted by atomic mass is 19.4. The number of amides is 3. The van der Waals surface area contributed by atoms with Crippen LogP contribution in [0.5, 0.6) is 0 Å². The van der Waals surface area contributed by atoms with Crippen LogP contribution < -0.4 is 0 Å². The summed E-state index contributed by atoms with van der Waals surface area (Å²) in [5.74, 6) is -4.60. The van der Waals surface area contributed by atoms with E-state index in [0.717, 1.165) is 16.8 Å². The van der Waals surface area contributed by atoms with Crippen LogP contribution in [0.1, 0.15) is 37.5 Å². The third-order valence-corrected chi connectivity index (χ3v) is 7.06. The van der Waals surface area contributed by atoms with Gasteiger partial charge in [0, 0.05) is 25.1 Å². The van der Waals surface area contributed by atoms with Crippen LogP contribution in [0.4, 0.5) is 18.0 Å². The lowest BCUT2D eigenvalue weighted by Crippen LogP contribution is -2.64. The molecular formula is C33H32F3N3O5. The quantitative estimate of drug-likeness (QED) is 0.298. The molecule has 0 fully saturated rings. The summed E-state index contributed by atoms with van der Waals surface area (Å²) in [4.78, 5) is 55.1. The van der Waals surface area contributed by atoms with E-state index in [9.17, 15) is 32.3 Å². The summed E-state index contributed by atoms with van der Waals surface area (Å²) in [5, 5.41) is 1.37. The maximum absolute atomic E-state index is 14.4. The molecule has 3 amide bonds. The Kier molecular flexibility index (Phi) is 9.87. The predicted molar refractivity (Wildman–Crippen MR) is 156 cm³/mol. The van der Waals surface area contributed by atoms with Gasteiger partial charge < -0.3 is 4.74 Å². The van der Waals surface area contributed by atoms with E-state index in [0.29, 0.717) is 21.7 Å². The van der Waals surface area contributed by atoms with Gasteiger partial charge >= 0.3 is 12.3 Å². The van der Waals surface area contributed by atoms with Crippen molar-refractivity contribution < 1.29 is 37.1 Å². The van der Waals surface area contributed by atoms with Crippen molar-refractivity contribution in [3.05, 3.63) is 114 Å². The molecule has 1 heterocycles. The van der Waals surface area contributed by atoms with Gasteiger partial charge in [0.15, 0.2) is 0 Å². The Labute approximate surface area is 253 Å². The van der Waals surface area contributed by atoms with Crippen LogP contribution in [0, 0.1) is 5.92 Å². The van der Waals surface area contributed by atoms with E-state index in [1.54, 1.807) is 86.6 Å². The molecule has 0 saturated carbocycles. The molecule has 0 N–H and O–H groups in total. The number of halogens is 3. The van der Waals surface area contributed by atoms with Crippen LogP contribution in [0.3, 0.4) is 0 Å². The third kappa shape index (κ3) is 7.16. The lowest BCUT2D eigenvalue weighted by Gasteiger charge is -2.46. The van der Waals surface area contributed by atoms with Crippen molar-refractivity contribution in [2.45, 2.75) is 52.1 Å². The van der Waals surface area contributed by atoms with E-state index in [1.165, 1.54) is 18.3 Å². The molecule has 3 aromatic rings. The first-order chi connectivity index (χ1) is 20.9. The van der Waals surface area contributed by atoms with Crippen LogP contribution in [0.25, 0.3) is 5.70 Å². The number of hydrazine groups is 1. The molecule has 0 spiro atoms. The molecule has 2 unspecified atom stereocenters. The molecule has 230 valence electrons. The van der Waals surface area contributed by atoms with Crippen molar-refractivity contribution in [1.82, 2.24) is 14.9 Å². The minimum Gasteiger partial charge on any atom is -0.444 e. The number of ketones is 1. The summed E-state index contributed by atoms with van der Waals surface area (Å²) in [7, 11) is 0. The molecule has 0 aromatic heterocycles. The normalized spacial score (nSPS) is 15.9. The minimum atomic E-state index is -5.31. The number of hydrogen-bond donors (Lipinski definition) is 0. The van der Waals surface area contributed by atoms with Crippen molar-refractivity contribution in [1.29, 1.82) is 0 Å². The maximum Gasteiger partial charge on any atom is 0.452 e. The van der Waals surface area contributed by atoms with Crippen LogP contribution in [-0.2, 0) is 32.1 Å². The summed E-state index contributed by atoms with van der Waals surface area (Å²) in [6, 6.07) is 21.5. The molecule has 0 aliphatic carbocycles. The summed E-state index contributed by atoms with van der Waals surface area (Å²) in [6.45, 7) is 4.20. The summed E-state index contributed by atoms with van der Waals surface area (Å²) in [5.41, 5.74) is 1.29. The topological polar surface area (TPSA) is 87.2 Å². The lowest BCUT2D eigenvalue weighted by molar-refractivity contribution is -0.187. The minimum absolute atomic E-state index is 0.0765. The second kappa shape index (κ2) is 13.6. The Bertz CT molecular complexity index is 1510. The first-order valence-electron chi connectivity index (χ1n) is 13.9. The summed E-state index contributed by atoms with van der Waals surface area (Å²) in [6.07, 6.45) is -5.41. The first-order valence-corrected chi connectivity index (χ1v) is 13.9. The fraction of sp³-hybridized carbons (Fsp3) is 0.273. The van der Waals surface area contributed by atoms with Crippen molar-refractivity contribution in [2.24, 2.45) is 5.92 Å². The molecule has 1 aliphatic heterocycles. The first kappa shape index (κ1) is 32.0. The molecule has 0 saturated heterocycles. The van der Waals surface area contributed by atoms with Gasteiger partial charge in [-0.1, -0.05) is 105 Å². The van der Waals surface area contributed by atoms with Crippen LogP contribution in [0.2, 0.25) is 0 Å². The van der Waals surface area contributed by atoms with Gasteiger partial charge in [-0.3, -0.25) is 19.3 Å². The molecule has 1 aliphatic rings. The zero-order valence-electron chi connectivity index (χ0n) is 24.4. The highest BCUT2D eigenvalue weighted by Crippen LogP contribution is 2.35. The highest BCUT2D eigenvalue weighted by Gasteiger charge is 2.51. The number of ether oxygens (including phenoxy) is 1. The Morgan fingerprint density at radius 2 is 1.39 bits per heavy atom. The monoisotopic (exact) mass is 607 g/mol. The Morgan fingerprint density at radius 3 is 1.89 bits per heavy atom. The number of Topliss-reactive ketones (excluding diaryl/α,β-unsaturated/α-hetero) is 1. The Balaban J connectivity index is 1.86. The molecular weight excluding hydrogens is 575 g/mol. The van der Waals surface area contributed by atoms with Crippen molar-refractivity contribution in [2.75, 3.05) is 0 Å². The van der Waals surface area contributed by atoms with Gasteiger partial charge in [0.05, 0.1) is 5.70 Å². The molecule has 3 aromatic carbocycles. The molecule has 0 radical (unpaired) electrons. The lowest BCUT2D eigenvalue weighted by atomic mass is 9.97. The van der Waals surface area contributed by atoms with Gasteiger partial charge in [0.2, 0.25) is 5.91 Å². The van der Waals surface area contributed by atoms with Crippen molar-refractivity contribution >= 4 is 29.4 Å². The Morgan fingerprint density at radius 1 is 0.864 bits per heavy atom. The van der Waals surface area contributed by atoms with E-state index >= 15 is 0 Å². The zero-order valence-corrected chi connectivity index (χ0v) is 24.4. The zero-order chi connectivity index (χ0) is 32.0. The van der Waals surface area contributed by atoms with E-state index < -0.39 is 54.3 Å². The Hall–Kier alpha value is -4.93. The summed E-state index contributed by atoms with van der Waals surface area (Å²) < 4.78 is 47.6. The number of alkyl halides is 3. The highest BCUT2D eigenvalue weighted by molar-refractivity contribution is 5.99. The van der Waals surface area contributed by atoms with Gasteiger partial charge in [-0.05, 0) is 17.0 Å². The smallest absolute Gasteiger partial charge is 0.444 e. The van der Waals surface area contributed by atoms with Gasteiger partial charge in [-0.15, -0.1) is 0 Å². The standard InChI is InChI=1S/C33H32F3N3O5/c1-22(2)29-31(42)39(38(23(3)40)27(30(41)33(34,35)36)19-24-13-7-4-8-14-24)28(26-17-11-6-12-18-26)20-37(29)32(43)44-21-25-15-9-5-10-16-25/h4-18,20,22,27,29H,19,21H2,1-3H3. The molecule has 2 atom stereocenters. The molecule has 0 bridgehead atoms. The van der Waals surface area contributed by atoms with Gasteiger partial charge in [0.1, 0.15) is 18.7 Å². The number of nitrogens with zero attached hydrogens (tertiary/aromatic N) is 3. The number of benzene rings is 3. The molecule has 44 heavy (non-hydrogen) atoms. The van der Waals surface area contributed by atoms with Crippen LogP contribution in [-0.4, -0.2) is 56.9 Å². The van der Waals surface area contributed by atoms with E-state index in [2.05, 4.69) is 0 Å². The molecule has 8 nitrogen and oxygen atoms in total. The van der Waals surface area contributed by atoms with Crippen LogP contribution >= 0.6 is 0 Å². The fourth-order valence-electron chi connectivity index (χ4n) is 5.04. The van der Waals surface area contributed by atoms with E-state index in [-0.39, 0.29) is 12.3 Å². The fourth-order valence-corrected chi connectivity index (χ4v) is 5.04. The molecule has 11 heteroatoms. The predicted octanol–water partition coefficient (Wildman–Crippen LogP) is 6.00. The van der Waals surface area contributed by atoms with Crippen LogP contribution in [0.15, 0.2) is 97.2 Å². The van der Waals surface area contributed by atoms with E-state index in [1.807, 2.05) is 6.07 Å². The second-order valence-electron chi connectivity index (χ2n) is 10.6. The van der Waals surface area contributed by atoms with Gasteiger partial charge in [-0.25, -0.2) is 14.8 Å².